The second-order valence-electron chi connectivity index (χ2n) is 7.98. The molecule has 1 amide bonds. The minimum absolute atomic E-state index is 0.0200. The third-order valence-electron chi connectivity index (χ3n) is 5.01. The van der Waals surface area contributed by atoms with Crippen molar-refractivity contribution in [2.24, 2.45) is 0 Å². The molecule has 0 aliphatic rings. The maximum Gasteiger partial charge on any atom is 0.304 e. The topological polar surface area (TPSA) is 129 Å². The summed E-state index contributed by atoms with van der Waals surface area (Å²) in [4.78, 5) is 16.7. The number of hydrogen-bond acceptors (Lipinski definition) is 6. The molecule has 0 radical (unpaired) electrons. The van der Waals surface area contributed by atoms with Crippen LogP contribution in [0.5, 0.6) is 0 Å². The summed E-state index contributed by atoms with van der Waals surface area (Å²) in [6, 6.07) is 15.7. The number of aryl methyl sites for hydroxylation is 2. The predicted molar refractivity (Wildman–Crippen MR) is 136 cm³/mol. The van der Waals surface area contributed by atoms with Gasteiger partial charge in [-0.1, -0.05) is 18.2 Å². The van der Waals surface area contributed by atoms with Gasteiger partial charge in [-0.3, -0.25) is 9.52 Å². The number of sulfonamides is 1. The molecule has 3 rings (SSSR count). The normalized spacial score (nSPS) is 11.8. The Bertz CT molecular complexity index is 1410. The van der Waals surface area contributed by atoms with Crippen molar-refractivity contribution < 1.29 is 21.6 Å². The number of hydrogen-bond donors (Lipinski definition) is 2. The SMILES string of the molecule is Cc1ccc(C)c(N(CC(=O)Nc2ccc(S(=O)(=O)Nc3ccccn3)cc2)S(=O)(=O)N(C)C)c1. The van der Waals surface area contributed by atoms with Gasteiger partial charge in [0.25, 0.3) is 10.0 Å². The molecule has 35 heavy (non-hydrogen) atoms. The van der Waals surface area contributed by atoms with Crippen LogP contribution in [0.1, 0.15) is 11.1 Å². The molecule has 2 N–H and O–H groups in total. The van der Waals surface area contributed by atoms with Gasteiger partial charge in [0.1, 0.15) is 12.4 Å². The summed E-state index contributed by atoms with van der Waals surface area (Å²) >= 11 is 0. The Balaban J connectivity index is 1.78. The first-order chi connectivity index (χ1) is 16.4. The van der Waals surface area contributed by atoms with Crippen molar-refractivity contribution in [2.45, 2.75) is 18.7 Å². The molecule has 0 fully saturated rings. The lowest BCUT2D eigenvalue weighted by molar-refractivity contribution is -0.114. The first kappa shape index (κ1) is 26.1. The van der Waals surface area contributed by atoms with Gasteiger partial charge in [-0.15, -0.1) is 0 Å². The number of carbonyl (C=O) groups excluding carboxylic acids is 1. The number of benzene rings is 2. The highest BCUT2D eigenvalue weighted by molar-refractivity contribution is 7.92. The molecule has 2 aromatic carbocycles. The van der Waals surface area contributed by atoms with E-state index in [2.05, 4.69) is 15.0 Å². The molecule has 0 saturated carbocycles. The zero-order valence-electron chi connectivity index (χ0n) is 19.8. The fourth-order valence-corrected chi connectivity index (χ4v) is 5.27. The van der Waals surface area contributed by atoms with Crippen LogP contribution >= 0.6 is 0 Å². The van der Waals surface area contributed by atoms with E-state index in [4.69, 9.17) is 0 Å². The fraction of sp³-hybridized carbons (Fsp3) is 0.217. The van der Waals surface area contributed by atoms with Crippen LogP contribution in [0, 0.1) is 13.8 Å². The van der Waals surface area contributed by atoms with Crippen LogP contribution in [-0.2, 0) is 25.0 Å². The molecule has 0 unspecified atom stereocenters. The van der Waals surface area contributed by atoms with E-state index in [0.29, 0.717) is 16.9 Å². The molecule has 12 heteroatoms. The standard InChI is InChI=1S/C23H27N5O5S2/c1-17-8-9-18(2)21(15-17)28(35(32,33)27(3)4)16-23(29)25-19-10-12-20(13-11-19)34(30,31)26-22-7-5-6-14-24-22/h5-15H,16H2,1-4H3,(H,24,26)(H,25,29). The van der Waals surface area contributed by atoms with Gasteiger partial charge in [0.2, 0.25) is 5.91 Å². The smallest absolute Gasteiger partial charge is 0.304 e. The van der Waals surface area contributed by atoms with Crippen molar-refractivity contribution in [1.29, 1.82) is 0 Å². The van der Waals surface area contributed by atoms with Gasteiger partial charge < -0.3 is 5.32 Å². The zero-order valence-corrected chi connectivity index (χ0v) is 21.4. The first-order valence-corrected chi connectivity index (χ1v) is 13.4. The van der Waals surface area contributed by atoms with Crippen molar-refractivity contribution in [3.8, 4) is 0 Å². The number of rotatable bonds is 9. The average Bonchev–Trinajstić information content (AvgIpc) is 2.80. The lowest BCUT2D eigenvalue weighted by Crippen LogP contribution is -2.44. The van der Waals surface area contributed by atoms with E-state index in [1.807, 2.05) is 13.0 Å². The van der Waals surface area contributed by atoms with Crippen LogP contribution in [0.25, 0.3) is 0 Å². The van der Waals surface area contributed by atoms with E-state index >= 15 is 0 Å². The third kappa shape index (κ3) is 6.35. The summed E-state index contributed by atoms with van der Waals surface area (Å²) in [5.74, 6) is -0.405. The summed E-state index contributed by atoms with van der Waals surface area (Å²) < 4.78 is 55.5. The molecule has 3 aromatic rings. The lowest BCUT2D eigenvalue weighted by Gasteiger charge is -2.28. The molecule has 186 valence electrons. The molecule has 10 nitrogen and oxygen atoms in total. The Hall–Kier alpha value is -3.48. The molecule has 1 heterocycles. The number of anilines is 3. The van der Waals surface area contributed by atoms with Crippen LogP contribution in [0.15, 0.2) is 71.8 Å². The third-order valence-corrected chi connectivity index (χ3v) is 8.19. The summed E-state index contributed by atoms with van der Waals surface area (Å²) in [5, 5.41) is 2.62. The van der Waals surface area contributed by atoms with Crippen molar-refractivity contribution in [3.05, 3.63) is 78.0 Å². The van der Waals surface area contributed by atoms with Crippen LogP contribution in [-0.4, -0.2) is 52.7 Å². The van der Waals surface area contributed by atoms with E-state index in [1.165, 1.54) is 50.6 Å². The van der Waals surface area contributed by atoms with Gasteiger partial charge in [-0.2, -0.15) is 12.7 Å². The van der Waals surface area contributed by atoms with Gasteiger partial charge in [-0.25, -0.2) is 17.7 Å². The van der Waals surface area contributed by atoms with E-state index in [-0.39, 0.29) is 10.7 Å². The zero-order chi connectivity index (χ0) is 25.8. The molecule has 0 saturated heterocycles. The number of nitrogens with one attached hydrogen (secondary N) is 2. The Kier molecular flexibility index (Phi) is 7.78. The minimum atomic E-state index is -3.96. The summed E-state index contributed by atoms with van der Waals surface area (Å²) in [7, 11) is -5.05. The molecule has 0 bridgehead atoms. The highest BCUT2D eigenvalue weighted by atomic mass is 32.2. The van der Waals surface area contributed by atoms with E-state index in [1.54, 1.807) is 31.2 Å². The van der Waals surface area contributed by atoms with E-state index in [9.17, 15) is 21.6 Å². The largest absolute Gasteiger partial charge is 0.325 e. The second kappa shape index (κ2) is 10.4. The molecule has 0 aliphatic carbocycles. The molecular weight excluding hydrogens is 490 g/mol. The minimum Gasteiger partial charge on any atom is -0.325 e. The highest BCUT2D eigenvalue weighted by Crippen LogP contribution is 2.25. The van der Waals surface area contributed by atoms with Crippen molar-refractivity contribution in [3.63, 3.8) is 0 Å². The van der Waals surface area contributed by atoms with Crippen molar-refractivity contribution >= 4 is 43.3 Å². The van der Waals surface area contributed by atoms with Crippen LogP contribution in [0.4, 0.5) is 17.2 Å². The first-order valence-electron chi connectivity index (χ1n) is 10.5. The van der Waals surface area contributed by atoms with Gasteiger partial charge in [-0.05, 0) is 67.4 Å². The van der Waals surface area contributed by atoms with Crippen molar-refractivity contribution in [1.82, 2.24) is 9.29 Å². The van der Waals surface area contributed by atoms with Gasteiger partial charge in [0, 0.05) is 26.0 Å². The quantitative estimate of drug-likeness (QED) is 0.449. The maximum atomic E-state index is 13.0. The number of aromatic nitrogens is 1. The molecule has 1 aromatic heterocycles. The average molecular weight is 518 g/mol. The van der Waals surface area contributed by atoms with E-state index < -0.39 is 32.7 Å². The fourth-order valence-electron chi connectivity index (χ4n) is 3.14. The summed E-state index contributed by atoms with van der Waals surface area (Å²) in [6.07, 6.45) is 1.47. The second-order valence-corrected chi connectivity index (χ2v) is 11.7. The lowest BCUT2D eigenvalue weighted by atomic mass is 10.1. The monoisotopic (exact) mass is 517 g/mol. The number of amides is 1. The van der Waals surface area contributed by atoms with Gasteiger partial charge >= 0.3 is 10.2 Å². The van der Waals surface area contributed by atoms with Crippen LogP contribution in [0.2, 0.25) is 0 Å². The molecular formula is C23H27N5O5S2. The highest BCUT2D eigenvalue weighted by Gasteiger charge is 2.28. The Morgan fingerprint density at radius 1 is 0.943 bits per heavy atom. The van der Waals surface area contributed by atoms with Gasteiger partial charge in [0.15, 0.2) is 0 Å². The molecule has 0 spiro atoms. The number of nitrogens with zero attached hydrogens (tertiary/aromatic N) is 3. The maximum absolute atomic E-state index is 13.0. The Morgan fingerprint density at radius 2 is 1.63 bits per heavy atom. The van der Waals surface area contributed by atoms with E-state index in [0.717, 1.165) is 14.2 Å². The molecule has 0 atom stereocenters. The Labute approximate surface area is 205 Å². The van der Waals surface area contributed by atoms with Crippen molar-refractivity contribution in [2.75, 3.05) is 35.0 Å². The Morgan fingerprint density at radius 3 is 2.23 bits per heavy atom. The number of pyridine rings is 1. The van der Waals surface area contributed by atoms with Crippen LogP contribution < -0.4 is 14.3 Å². The summed E-state index contributed by atoms with van der Waals surface area (Å²) in [6.45, 7) is 3.14. The molecule has 0 aliphatic heterocycles. The van der Waals surface area contributed by atoms with Gasteiger partial charge in [0.05, 0.1) is 10.6 Å². The number of carbonyl (C=O) groups is 1. The predicted octanol–water partition coefficient (Wildman–Crippen LogP) is 2.75. The summed E-state index contributed by atoms with van der Waals surface area (Å²) in [5.41, 5.74) is 2.26. The van der Waals surface area contributed by atoms with Crippen LogP contribution in [0.3, 0.4) is 0 Å².